The second kappa shape index (κ2) is 6.12. The van der Waals surface area contributed by atoms with Crippen molar-refractivity contribution < 1.29 is 4.79 Å². The van der Waals surface area contributed by atoms with Gasteiger partial charge in [0, 0.05) is 28.1 Å². The third-order valence-electron chi connectivity index (χ3n) is 4.08. The van der Waals surface area contributed by atoms with Gasteiger partial charge in [0.15, 0.2) is 5.78 Å². The van der Waals surface area contributed by atoms with E-state index in [0.717, 1.165) is 5.52 Å². The minimum atomic E-state index is -0.357. The van der Waals surface area contributed by atoms with E-state index in [2.05, 4.69) is 56.2 Å². The van der Waals surface area contributed by atoms with Crippen LogP contribution in [-0.4, -0.2) is 22.3 Å². The highest BCUT2D eigenvalue weighted by atomic mass is 16.1. The zero-order chi connectivity index (χ0) is 17.4. The SMILES string of the molecule is Cc1cccc2[nH]cc(C[C@H](NC(C)(C)C)C(=O)C(C)(C)C)c12. The van der Waals surface area contributed by atoms with Gasteiger partial charge in [-0.3, -0.25) is 4.79 Å². The number of nitrogens with one attached hydrogen (secondary N) is 2. The molecule has 0 aliphatic rings. The van der Waals surface area contributed by atoms with Gasteiger partial charge in [-0.2, -0.15) is 0 Å². The first-order valence-electron chi connectivity index (χ1n) is 8.36. The smallest absolute Gasteiger partial charge is 0.155 e. The lowest BCUT2D eigenvalue weighted by Gasteiger charge is -2.31. The van der Waals surface area contributed by atoms with Crippen molar-refractivity contribution in [3.05, 3.63) is 35.5 Å². The summed E-state index contributed by atoms with van der Waals surface area (Å²) in [7, 11) is 0. The first-order valence-corrected chi connectivity index (χ1v) is 8.36. The Hall–Kier alpha value is -1.61. The van der Waals surface area contributed by atoms with Crippen molar-refractivity contribution in [3.8, 4) is 0 Å². The molecule has 1 aromatic carbocycles. The molecule has 3 heteroatoms. The fraction of sp³-hybridized carbons (Fsp3) is 0.550. The third kappa shape index (κ3) is 4.23. The standard InChI is InChI=1S/C20H30N2O/c1-13-9-8-10-15-17(13)14(12-21-15)11-16(22-20(5,6)7)18(23)19(2,3)4/h8-10,12,16,21-22H,11H2,1-7H3/t16-/m0/s1. The molecule has 0 amide bonds. The van der Waals surface area contributed by atoms with Gasteiger partial charge in [-0.15, -0.1) is 0 Å². The number of benzene rings is 1. The van der Waals surface area contributed by atoms with E-state index in [4.69, 9.17) is 0 Å². The van der Waals surface area contributed by atoms with Crippen LogP contribution in [0.5, 0.6) is 0 Å². The number of hydrogen-bond donors (Lipinski definition) is 2. The van der Waals surface area contributed by atoms with Crippen molar-refractivity contribution in [2.75, 3.05) is 0 Å². The number of aromatic nitrogens is 1. The van der Waals surface area contributed by atoms with Crippen LogP contribution in [0.1, 0.15) is 52.7 Å². The number of Topliss-reactive ketones (excluding diaryl/α,β-unsaturated/α-hetero) is 1. The second-order valence-electron chi connectivity index (χ2n) is 8.58. The maximum Gasteiger partial charge on any atom is 0.155 e. The van der Waals surface area contributed by atoms with E-state index >= 15 is 0 Å². The predicted molar refractivity (Wildman–Crippen MR) is 97.9 cm³/mol. The average Bonchev–Trinajstić information content (AvgIpc) is 2.79. The largest absolute Gasteiger partial charge is 0.361 e. The van der Waals surface area contributed by atoms with Crippen LogP contribution < -0.4 is 5.32 Å². The lowest BCUT2D eigenvalue weighted by molar-refractivity contribution is -0.128. The molecule has 2 aromatic rings. The Morgan fingerprint density at radius 3 is 2.39 bits per heavy atom. The molecule has 0 bridgehead atoms. The van der Waals surface area contributed by atoms with Gasteiger partial charge in [0.1, 0.15) is 0 Å². The molecule has 0 aliphatic heterocycles. The van der Waals surface area contributed by atoms with Crippen molar-refractivity contribution in [2.45, 2.75) is 66.5 Å². The van der Waals surface area contributed by atoms with Gasteiger partial charge in [0.05, 0.1) is 6.04 Å². The molecule has 0 radical (unpaired) electrons. The van der Waals surface area contributed by atoms with Gasteiger partial charge in [0.25, 0.3) is 0 Å². The highest BCUT2D eigenvalue weighted by molar-refractivity contribution is 5.91. The van der Waals surface area contributed by atoms with Crippen molar-refractivity contribution in [1.82, 2.24) is 10.3 Å². The average molecular weight is 314 g/mol. The number of carbonyl (C=O) groups excluding carboxylic acids is 1. The van der Waals surface area contributed by atoms with Crippen LogP contribution in [0.25, 0.3) is 10.9 Å². The fourth-order valence-corrected chi connectivity index (χ4v) is 3.09. The molecule has 0 spiro atoms. The summed E-state index contributed by atoms with van der Waals surface area (Å²) in [4.78, 5) is 16.3. The van der Waals surface area contributed by atoms with Crippen molar-refractivity contribution in [3.63, 3.8) is 0 Å². The summed E-state index contributed by atoms with van der Waals surface area (Å²) in [6.45, 7) is 14.4. The monoisotopic (exact) mass is 314 g/mol. The lowest BCUT2D eigenvalue weighted by Crippen LogP contribution is -2.51. The van der Waals surface area contributed by atoms with E-state index in [1.54, 1.807) is 0 Å². The van der Waals surface area contributed by atoms with Crippen molar-refractivity contribution >= 4 is 16.7 Å². The fourth-order valence-electron chi connectivity index (χ4n) is 3.09. The van der Waals surface area contributed by atoms with Gasteiger partial charge in [-0.05, 0) is 51.3 Å². The van der Waals surface area contributed by atoms with Crippen LogP contribution in [0, 0.1) is 12.3 Å². The Balaban J connectivity index is 2.38. The number of rotatable bonds is 4. The van der Waals surface area contributed by atoms with E-state index in [9.17, 15) is 4.79 Å². The van der Waals surface area contributed by atoms with Crippen LogP contribution in [0.2, 0.25) is 0 Å². The minimum Gasteiger partial charge on any atom is -0.361 e. The maximum absolute atomic E-state index is 12.9. The Morgan fingerprint density at radius 2 is 1.83 bits per heavy atom. The molecular formula is C20H30N2O. The third-order valence-corrected chi connectivity index (χ3v) is 4.08. The summed E-state index contributed by atoms with van der Waals surface area (Å²) in [5, 5.41) is 4.77. The Kier molecular flexibility index (Phi) is 4.72. The van der Waals surface area contributed by atoms with Crippen LogP contribution in [0.3, 0.4) is 0 Å². The van der Waals surface area contributed by atoms with Gasteiger partial charge < -0.3 is 10.3 Å². The highest BCUT2D eigenvalue weighted by Crippen LogP contribution is 2.26. The van der Waals surface area contributed by atoms with E-state index in [1.807, 2.05) is 27.0 Å². The quantitative estimate of drug-likeness (QED) is 0.879. The lowest BCUT2D eigenvalue weighted by atomic mass is 9.83. The van der Waals surface area contributed by atoms with Crippen molar-refractivity contribution in [1.29, 1.82) is 0 Å². The second-order valence-corrected chi connectivity index (χ2v) is 8.58. The molecule has 1 heterocycles. The van der Waals surface area contributed by atoms with E-state index < -0.39 is 0 Å². The summed E-state index contributed by atoms with van der Waals surface area (Å²) in [5.74, 6) is 0.260. The van der Waals surface area contributed by atoms with Crippen LogP contribution >= 0.6 is 0 Å². The van der Waals surface area contributed by atoms with Gasteiger partial charge in [-0.1, -0.05) is 32.9 Å². The molecule has 0 unspecified atom stereocenters. The number of carbonyl (C=O) groups is 1. The molecule has 0 aliphatic carbocycles. The summed E-state index contributed by atoms with van der Waals surface area (Å²) >= 11 is 0. The molecular weight excluding hydrogens is 284 g/mol. The molecule has 1 atom stereocenters. The number of hydrogen-bond acceptors (Lipinski definition) is 2. The Labute approximate surface area is 139 Å². The molecule has 0 fully saturated rings. The van der Waals surface area contributed by atoms with E-state index in [-0.39, 0.29) is 22.8 Å². The maximum atomic E-state index is 12.9. The summed E-state index contributed by atoms with van der Waals surface area (Å²) in [6, 6.07) is 6.08. The van der Waals surface area contributed by atoms with Crippen molar-refractivity contribution in [2.24, 2.45) is 5.41 Å². The van der Waals surface area contributed by atoms with Crippen LogP contribution in [0.4, 0.5) is 0 Å². The van der Waals surface area contributed by atoms with E-state index in [1.165, 1.54) is 16.5 Å². The normalized spacial score (nSPS) is 14.2. The van der Waals surface area contributed by atoms with Crippen LogP contribution in [0.15, 0.2) is 24.4 Å². The number of aromatic amines is 1. The first-order chi connectivity index (χ1) is 10.5. The summed E-state index contributed by atoms with van der Waals surface area (Å²) in [5.41, 5.74) is 3.13. The molecule has 2 N–H and O–H groups in total. The molecule has 23 heavy (non-hydrogen) atoms. The molecule has 2 rings (SSSR count). The van der Waals surface area contributed by atoms with Crippen LogP contribution in [-0.2, 0) is 11.2 Å². The predicted octanol–water partition coefficient (Wildman–Crippen LogP) is 4.39. The zero-order valence-electron chi connectivity index (χ0n) is 15.5. The zero-order valence-corrected chi connectivity index (χ0v) is 15.5. The number of aryl methyl sites for hydroxylation is 1. The molecule has 1 aromatic heterocycles. The number of fused-ring (bicyclic) bond motifs is 1. The summed E-state index contributed by atoms with van der Waals surface area (Å²) < 4.78 is 0. The van der Waals surface area contributed by atoms with Gasteiger partial charge in [0.2, 0.25) is 0 Å². The Morgan fingerprint density at radius 1 is 1.17 bits per heavy atom. The molecule has 126 valence electrons. The molecule has 3 nitrogen and oxygen atoms in total. The van der Waals surface area contributed by atoms with Gasteiger partial charge >= 0.3 is 0 Å². The minimum absolute atomic E-state index is 0.104. The van der Waals surface area contributed by atoms with E-state index in [0.29, 0.717) is 6.42 Å². The molecule has 0 saturated carbocycles. The summed E-state index contributed by atoms with van der Waals surface area (Å²) in [6.07, 6.45) is 2.75. The highest BCUT2D eigenvalue weighted by Gasteiger charge is 2.32. The topological polar surface area (TPSA) is 44.9 Å². The Bertz CT molecular complexity index is 698. The van der Waals surface area contributed by atoms with Gasteiger partial charge in [-0.25, -0.2) is 0 Å². The first kappa shape index (κ1) is 17.7. The molecule has 0 saturated heterocycles. The number of ketones is 1. The number of H-pyrrole nitrogens is 1.